The first-order valence-corrected chi connectivity index (χ1v) is 13.6. The van der Waals surface area contributed by atoms with E-state index in [1.165, 1.54) is 10.5 Å². The second-order valence-corrected chi connectivity index (χ2v) is 9.65. The minimum atomic E-state index is -0.640. The molecule has 1 heterocycles. The number of carbonyl (C=O) groups is 2. The third kappa shape index (κ3) is 6.33. The highest BCUT2D eigenvalue weighted by molar-refractivity contribution is 6.11. The Kier molecular flexibility index (Phi) is 8.63. The van der Waals surface area contributed by atoms with Crippen LogP contribution in [-0.2, 0) is 14.4 Å². The molecule has 212 valence electrons. The normalized spacial score (nSPS) is 14.6. The number of amidine groups is 1. The molecule has 0 N–H and O–H groups in total. The highest BCUT2D eigenvalue weighted by Gasteiger charge is 2.35. The van der Waals surface area contributed by atoms with E-state index in [0.29, 0.717) is 18.5 Å². The lowest BCUT2D eigenvalue weighted by molar-refractivity contribution is -0.123. The van der Waals surface area contributed by atoms with Crippen molar-refractivity contribution in [3.05, 3.63) is 126 Å². The third-order valence-corrected chi connectivity index (χ3v) is 6.62. The molecule has 1 amide bonds. The van der Waals surface area contributed by atoms with Crippen LogP contribution in [0.25, 0.3) is 6.08 Å². The van der Waals surface area contributed by atoms with Crippen molar-refractivity contribution in [3.8, 4) is 5.75 Å². The van der Waals surface area contributed by atoms with Gasteiger partial charge in [0, 0.05) is 23.6 Å². The second-order valence-electron chi connectivity index (χ2n) is 9.65. The minimum absolute atomic E-state index is 0.0703. The Morgan fingerprint density at radius 2 is 1.48 bits per heavy atom. The van der Waals surface area contributed by atoms with Gasteiger partial charge in [-0.2, -0.15) is 0 Å². The van der Waals surface area contributed by atoms with E-state index < -0.39 is 5.97 Å². The lowest BCUT2D eigenvalue weighted by Crippen LogP contribution is -2.31. The summed E-state index contributed by atoms with van der Waals surface area (Å²) >= 11 is 0. The maximum absolute atomic E-state index is 13.1. The standard InChI is InChI=1S/C34H31N3O5/c1-4-22-36-32(38)31(41-34(36)35-42-33(39)26-8-6-5-7-9-26)23-25-12-16-28(17-13-25)37(27-14-10-24(2)11-15-27)29-18-20-30(40-3)21-19-29/h5-21,23H,4,22H2,1-3H3/b31-23+,35-34?. The molecular formula is C34H31N3O5. The zero-order chi connectivity index (χ0) is 29.5. The predicted molar refractivity (Wildman–Crippen MR) is 163 cm³/mol. The van der Waals surface area contributed by atoms with Gasteiger partial charge in [-0.25, -0.2) is 4.79 Å². The molecule has 0 aliphatic carbocycles. The quantitative estimate of drug-likeness (QED) is 0.122. The van der Waals surface area contributed by atoms with Gasteiger partial charge in [0.25, 0.3) is 5.91 Å². The van der Waals surface area contributed by atoms with Crippen molar-refractivity contribution in [2.45, 2.75) is 20.3 Å². The fourth-order valence-electron chi connectivity index (χ4n) is 4.45. The summed E-state index contributed by atoms with van der Waals surface area (Å²) in [5.74, 6) is -0.120. The molecule has 4 aromatic carbocycles. The molecule has 0 aromatic heterocycles. The summed E-state index contributed by atoms with van der Waals surface area (Å²) in [6.07, 6.45) is 2.32. The Morgan fingerprint density at radius 3 is 2.07 bits per heavy atom. The van der Waals surface area contributed by atoms with Crippen LogP contribution in [0.1, 0.15) is 34.8 Å². The number of benzene rings is 4. The van der Waals surface area contributed by atoms with E-state index in [4.69, 9.17) is 14.3 Å². The second kappa shape index (κ2) is 12.9. The molecule has 0 unspecified atom stereocenters. The molecule has 0 spiro atoms. The summed E-state index contributed by atoms with van der Waals surface area (Å²) in [7, 11) is 1.65. The van der Waals surface area contributed by atoms with E-state index in [1.54, 1.807) is 43.5 Å². The Morgan fingerprint density at radius 1 is 0.881 bits per heavy atom. The number of anilines is 3. The molecule has 1 aliphatic rings. The first-order chi connectivity index (χ1) is 20.5. The summed E-state index contributed by atoms with van der Waals surface area (Å²) < 4.78 is 11.1. The summed E-state index contributed by atoms with van der Waals surface area (Å²) in [6.45, 7) is 4.36. The lowest BCUT2D eigenvalue weighted by Gasteiger charge is -2.26. The zero-order valence-electron chi connectivity index (χ0n) is 23.7. The zero-order valence-corrected chi connectivity index (χ0v) is 23.7. The van der Waals surface area contributed by atoms with Crippen molar-refractivity contribution in [1.29, 1.82) is 0 Å². The van der Waals surface area contributed by atoms with Crippen molar-refractivity contribution < 1.29 is 23.9 Å². The Hall–Kier alpha value is -5.37. The molecule has 4 aromatic rings. The van der Waals surface area contributed by atoms with Crippen molar-refractivity contribution in [2.75, 3.05) is 18.6 Å². The van der Waals surface area contributed by atoms with Gasteiger partial charge in [0.1, 0.15) is 5.75 Å². The number of oxime groups is 1. The van der Waals surface area contributed by atoms with Gasteiger partial charge in [0.05, 0.1) is 12.7 Å². The molecule has 1 saturated heterocycles. The SMILES string of the molecule is CCCN1C(=O)/C(=C\c2ccc(N(c3ccc(C)cc3)c3ccc(OC)cc3)cc2)OC1=NOC(=O)c1ccccc1. The average molecular weight is 562 g/mol. The number of hydrogen-bond acceptors (Lipinski definition) is 7. The van der Waals surface area contributed by atoms with E-state index in [1.807, 2.05) is 55.5 Å². The molecule has 0 atom stereocenters. The summed E-state index contributed by atoms with van der Waals surface area (Å²) in [6, 6.07) is 32.4. The number of ether oxygens (including phenoxy) is 2. The molecule has 8 heteroatoms. The average Bonchev–Trinajstić information content (AvgIpc) is 3.32. The molecule has 0 bridgehead atoms. The first kappa shape index (κ1) is 28.2. The van der Waals surface area contributed by atoms with Crippen LogP contribution in [0, 0.1) is 6.92 Å². The fraction of sp³-hybridized carbons (Fsp3) is 0.147. The van der Waals surface area contributed by atoms with E-state index in [-0.39, 0.29) is 17.7 Å². The van der Waals surface area contributed by atoms with Gasteiger partial charge in [-0.1, -0.05) is 55.0 Å². The highest BCUT2D eigenvalue weighted by Crippen LogP contribution is 2.35. The molecule has 8 nitrogen and oxygen atoms in total. The number of carbonyl (C=O) groups excluding carboxylic acids is 2. The van der Waals surface area contributed by atoms with E-state index >= 15 is 0 Å². The van der Waals surface area contributed by atoms with Crippen molar-refractivity contribution >= 4 is 41.0 Å². The van der Waals surface area contributed by atoms with Gasteiger partial charge in [-0.05, 0) is 90.8 Å². The molecule has 0 saturated carbocycles. The van der Waals surface area contributed by atoms with Gasteiger partial charge in [0.2, 0.25) is 0 Å². The molecule has 5 rings (SSSR count). The first-order valence-electron chi connectivity index (χ1n) is 13.6. The van der Waals surface area contributed by atoms with E-state index in [9.17, 15) is 9.59 Å². The summed E-state index contributed by atoms with van der Waals surface area (Å²) in [5.41, 5.74) is 5.20. The smallest absolute Gasteiger partial charge is 0.365 e. The maximum Gasteiger partial charge on any atom is 0.365 e. The van der Waals surface area contributed by atoms with Crippen LogP contribution < -0.4 is 9.64 Å². The van der Waals surface area contributed by atoms with Crippen LogP contribution in [0.4, 0.5) is 17.1 Å². The molecule has 1 fully saturated rings. The summed E-state index contributed by atoms with van der Waals surface area (Å²) in [5, 5.41) is 3.86. The van der Waals surface area contributed by atoms with Crippen molar-refractivity contribution in [2.24, 2.45) is 5.16 Å². The van der Waals surface area contributed by atoms with Gasteiger partial charge in [-0.15, -0.1) is 0 Å². The Balaban J connectivity index is 1.39. The van der Waals surface area contributed by atoms with Crippen LogP contribution in [-0.4, -0.2) is 36.5 Å². The third-order valence-electron chi connectivity index (χ3n) is 6.62. The topological polar surface area (TPSA) is 80.7 Å². The number of nitrogens with zero attached hydrogens (tertiary/aromatic N) is 3. The van der Waals surface area contributed by atoms with Crippen LogP contribution >= 0.6 is 0 Å². The van der Waals surface area contributed by atoms with Gasteiger partial charge < -0.3 is 19.2 Å². The Labute approximate surface area is 245 Å². The van der Waals surface area contributed by atoms with Gasteiger partial charge in [0.15, 0.2) is 5.76 Å². The van der Waals surface area contributed by atoms with E-state index in [2.05, 4.69) is 41.2 Å². The van der Waals surface area contributed by atoms with Gasteiger partial charge in [-0.3, -0.25) is 9.69 Å². The highest BCUT2D eigenvalue weighted by atomic mass is 16.7. The van der Waals surface area contributed by atoms with Crippen LogP contribution in [0.5, 0.6) is 5.75 Å². The Bertz CT molecular complexity index is 1600. The van der Waals surface area contributed by atoms with Crippen LogP contribution in [0.3, 0.4) is 0 Å². The molecular weight excluding hydrogens is 530 g/mol. The largest absolute Gasteiger partial charge is 0.497 e. The number of hydrogen-bond donors (Lipinski definition) is 0. The minimum Gasteiger partial charge on any atom is -0.497 e. The molecule has 0 radical (unpaired) electrons. The van der Waals surface area contributed by atoms with Crippen molar-refractivity contribution in [1.82, 2.24) is 4.90 Å². The maximum atomic E-state index is 13.1. The molecule has 42 heavy (non-hydrogen) atoms. The van der Waals surface area contributed by atoms with E-state index in [0.717, 1.165) is 28.4 Å². The van der Waals surface area contributed by atoms with Crippen LogP contribution in [0.15, 0.2) is 114 Å². The van der Waals surface area contributed by atoms with Crippen molar-refractivity contribution in [3.63, 3.8) is 0 Å². The fourth-order valence-corrected chi connectivity index (χ4v) is 4.45. The predicted octanol–water partition coefficient (Wildman–Crippen LogP) is 7.21. The summed E-state index contributed by atoms with van der Waals surface area (Å²) in [4.78, 5) is 34.1. The van der Waals surface area contributed by atoms with Crippen LogP contribution in [0.2, 0.25) is 0 Å². The number of rotatable bonds is 9. The number of methoxy groups -OCH3 is 1. The lowest BCUT2D eigenvalue weighted by atomic mass is 10.1. The number of amides is 1. The number of aryl methyl sites for hydroxylation is 1. The van der Waals surface area contributed by atoms with Gasteiger partial charge >= 0.3 is 12.0 Å². The molecule has 1 aliphatic heterocycles. The monoisotopic (exact) mass is 561 g/mol.